The van der Waals surface area contributed by atoms with Gasteiger partial charge in [0.25, 0.3) is 0 Å². The molecule has 1 aliphatic heterocycles. The lowest BCUT2D eigenvalue weighted by molar-refractivity contribution is -0.127. The van der Waals surface area contributed by atoms with Gasteiger partial charge in [-0.25, -0.2) is 0 Å². The van der Waals surface area contributed by atoms with Gasteiger partial charge < -0.3 is 5.32 Å². The van der Waals surface area contributed by atoms with Gasteiger partial charge in [-0.3, -0.25) is 14.6 Å². The molecule has 3 unspecified atom stereocenters. The number of fused-ring (bicyclic) bond motifs is 2. The summed E-state index contributed by atoms with van der Waals surface area (Å²) in [6.45, 7) is 12.6. The zero-order chi connectivity index (χ0) is 19.1. The summed E-state index contributed by atoms with van der Waals surface area (Å²) in [5.74, 6) is 1.65. The summed E-state index contributed by atoms with van der Waals surface area (Å²) in [5.41, 5.74) is 1.54. The maximum Gasteiger partial charge on any atom is 0.234 e. The molecule has 3 atom stereocenters. The van der Waals surface area contributed by atoms with Crippen molar-refractivity contribution >= 4 is 18.3 Å². The first kappa shape index (κ1) is 21.6. The fourth-order valence-corrected chi connectivity index (χ4v) is 5.85. The van der Waals surface area contributed by atoms with E-state index in [9.17, 15) is 4.79 Å². The van der Waals surface area contributed by atoms with E-state index in [1.165, 1.54) is 24.8 Å². The van der Waals surface area contributed by atoms with E-state index in [0.717, 1.165) is 38.6 Å². The third-order valence-corrected chi connectivity index (χ3v) is 8.09. The van der Waals surface area contributed by atoms with Gasteiger partial charge in [0.1, 0.15) is 0 Å². The molecule has 2 aliphatic carbocycles. The number of amides is 1. The van der Waals surface area contributed by atoms with Gasteiger partial charge in [0.15, 0.2) is 0 Å². The quantitative estimate of drug-likeness (QED) is 0.813. The Labute approximate surface area is 176 Å². The molecule has 2 saturated carbocycles. The van der Waals surface area contributed by atoms with Crippen LogP contribution in [0, 0.1) is 17.3 Å². The highest BCUT2D eigenvalue weighted by atomic mass is 35.5. The Balaban J connectivity index is 0.00000225. The van der Waals surface area contributed by atoms with Gasteiger partial charge >= 0.3 is 0 Å². The maximum absolute atomic E-state index is 12.8. The second kappa shape index (κ2) is 8.33. The Morgan fingerprint density at radius 1 is 1.00 bits per heavy atom. The molecule has 28 heavy (non-hydrogen) atoms. The third-order valence-electron chi connectivity index (χ3n) is 8.09. The molecule has 0 aromatic heterocycles. The Morgan fingerprint density at radius 3 is 2.21 bits per heavy atom. The summed E-state index contributed by atoms with van der Waals surface area (Å²) < 4.78 is 0. The summed E-state index contributed by atoms with van der Waals surface area (Å²) in [4.78, 5) is 17.7. The number of nitrogens with one attached hydrogen (secondary N) is 1. The average molecular weight is 406 g/mol. The molecule has 1 amide bonds. The lowest BCUT2D eigenvalue weighted by Gasteiger charge is -2.48. The lowest BCUT2D eigenvalue weighted by atomic mass is 9.64. The van der Waals surface area contributed by atoms with Crippen LogP contribution in [-0.4, -0.2) is 54.0 Å². The fraction of sp³-hybridized carbons (Fsp3) is 0.696. The van der Waals surface area contributed by atoms with Crippen molar-refractivity contribution in [3.8, 4) is 0 Å². The monoisotopic (exact) mass is 405 g/mol. The number of carbonyl (C=O) groups excluding carboxylic acids is 1. The largest absolute Gasteiger partial charge is 0.349 e. The smallest absolute Gasteiger partial charge is 0.234 e. The molecular formula is C23H36ClN3O. The van der Waals surface area contributed by atoms with Gasteiger partial charge in [0, 0.05) is 38.3 Å². The standard InChI is InChI=1S/C23H35N3O.ClH/c1-22(2)19-9-10-20(15-19)23(22,3)24-21(27)17-26-13-11-25(12-14-26)16-18-7-5-4-6-8-18;/h4-8,19-20H,9-17H2,1-3H3,(H,24,27);1H. The van der Waals surface area contributed by atoms with Crippen molar-refractivity contribution in [3.63, 3.8) is 0 Å². The van der Waals surface area contributed by atoms with Crippen molar-refractivity contribution in [2.45, 2.75) is 52.1 Å². The molecule has 0 spiro atoms. The van der Waals surface area contributed by atoms with Gasteiger partial charge in [-0.1, -0.05) is 44.2 Å². The van der Waals surface area contributed by atoms with Crippen molar-refractivity contribution in [3.05, 3.63) is 35.9 Å². The SMILES string of the molecule is CC1(C)C2CCC(C2)C1(C)NC(=O)CN1CCN(Cc2ccccc2)CC1.Cl. The summed E-state index contributed by atoms with van der Waals surface area (Å²) in [6, 6.07) is 10.7. The highest BCUT2D eigenvalue weighted by Gasteiger charge is 2.60. The van der Waals surface area contributed by atoms with Gasteiger partial charge in [-0.05, 0) is 49.0 Å². The van der Waals surface area contributed by atoms with E-state index in [0.29, 0.717) is 12.5 Å². The van der Waals surface area contributed by atoms with E-state index in [4.69, 9.17) is 0 Å². The normalized spacial score (nSPS) is 32.1. The molecule has 3 fully saturated rings. The summed E-state index contributed by atoms with van der Waals surface area (Å²) >= 11 is 0. The number of benzene rings is 1. The van der Waals surface area contributed by atoms with Crippen molar-refractivity contribution in [1.82, 2.24) is 15.1 Å². The molecule has 1 aromatic rings. The van der Waals surface area contributed by atoms with Crippen molar-refractivity contribution in [2.75, 3.05) is 32.7 Å². The number of hydrogen-bond donors (Lipinski definition) is 1. The van der Waals surface area contributed by atoms with Gasteiger partial charge in [-0.15, -0.1) is 12.4 Å². The number of halogens is 1. The molecule has 1 saturated heterocycles. The van der Waals surface area contributed by atoms with Gasteiger partial charge in [0.2, 0.25) is 5.91 Å². The van der Waals surface area contributed by atoms with Crippen molar-refractivity contribution in [2.24, 2.45) is 17.3 Å². The Hall–Kier alpha value is -1.10. The topological polar surface area (TPSA) is 35.6 Å². The second-order valence-corrected chi connectivity index (χ2v) is 9.72. The Kier molecular flexibility index (Phi) is 6.43. The molecule has 1 N–H and O–H groups in total. The number of carbonyl (C=O) groups is 1. The van der Waals surface area contributed by atoms with Crippen LogP contribution in [0.4, 0.5) is 0 Å². The third kappa shape index (κ3) is 3.96. The van der Waals surface area contributed by atoms with Crippen LogP contribution in [0.2, 0.25) is 0 Å². The van der Waals surface area contributed by atoms with Crippen LogP contribution in [0.1, 0.15) is 45.6 Å². The first-order chi connectivity index (χ1) is 12.9. The van der Waals surface area contributed by atoms with E-state index >= 15 is 0 Å². The summed E-state index contributed by atoms with van der Waals surface area (Å²) in [7, 11) is 0. The average Bonchev–Trinajstić information content (AvgIpc) is 3.20. The van der Waals surface area contributed by atoms with Crippen LogP contribution >= 0.6 is 12.4 Å². The van der Waals surface area contributed by atoms with Crippen LogP contribution in [0.3, 0.4) is 0 Å². The Morgan fingerprint density at radius 2 is 1.61 bits per heavy atom. The molecule has 0 radical (unpaired) electrons. The second-order valence-electron chi connectivity index (χ2n) is 9.72. The minimum atomic E-state index is -0.0396. The molecule has 4 rings (SSSR count). The van der Waals surface area contributed by atoms with Crippen LogP contribution in [0.15, 0.2) is 30.3 Å². The minimum absolute atomic E-state index is 0. The van der Waals surface area contributed by atoms with E-state index in [-0.39, 0.29) is 29.3 Å². The van der Waals surface area contributed by atoms with Crippen LogP contribution < -0.4 is 5.32 Å². The highest BCUT2D eigenvalue weighted by Crippen LogP contribution is 2.61. The van der Waals surface area contributed by atoms with Crippen molar-refractivity contribution in [1.29, 1.82) is 0 Å². The predicted molar refractivity (Wildman–Crippen MR) is 117 cm³/mol. The number of nitrogens with zero attached hydrogens (tertiary/aromatic N) is 2. The molecule has 2 bridgehead atoms. The van der Waals surface area contributed by atoms with Crippen LogP contribution in [0.25, 0.3) is 0 Å². The fourth-order valence-electron chi connectivity index (χ4n) is 5.85. The molecule has 3 aliphatic rings. The lowest BCUT2D eigenvalue weighted by Crippen LogP contribution is -2.61. The Bertz CT molecular complexity index is 672. The van der Waals surface area contributed by atoms with Crippen LogP contribution in [-0.2, 0) is 11.3 Å². The number of hydrogen-bond acceptors (Lipinski definition) is 3. The summed E-state index contributed by atoms with van der Waals surface area (Å²) in [6.07, 6.45) is 3.91. The molecular weight excluding hydrogens is 370 g/mol. The molecule has 4 nitrogen and oxygen atoms in total. The maximum atomic E-state index is 12.8. The highest BCUT2D eigenvalue weighted by molar-refractivity contribution is 5.85. The zero-order valence-corrected chi connectivity index (χ0v) is 18.4. The van der Waals surface area contributed by atoms with E-state index in [1.54, 1.807) is 0 Å². The molecule has 1 aromatic carbocycles. The zero-order valence-electron chi connectivity index (χ0n) is 17.6. The van der Waals surface area contributed by atoms with Gasteiger partial charge in [-0.2, -0.15) is 0 Å². The molecule has 1 heterocycles. The van der Waals surface area contributed by atoms with Crippen LogP contribution in [0.5, 0.6) is 0 Å². The minimum Gasteiger partial charge on any atom is -0.349 e. The predicted octanol–water partition coefficient (Wildman–Crippen LogP) is 3.56. The number of piperazine rings is 1. The first-order valence-electron chi connectivity index (χ1n) is 10.7. The molecule has 156 valence electrons. The number of rotatable bonds is 5. The van der Waals surface area contributed by atoms with Gasteiger partial charge in [0.05, 0.1) is 6.54 Å². The van der Waals surface area contributed by atoms with E-state index < -0.39 is 0 Å². The van der Waals surface area contributed by atoms with Crippen molar-refractivity contribution < 1.29 is 4.79 Å². The summed E-state index contributed by atoms with van der Waals surface area (Å²) in [5, 5.41) is 3.48. The van der Waals surface area contributed by atoms with E-state index in [1.807, 2.05) is 0 Å². The molecule has 5 heteroatoms. The first-order valence-corrected chi connectivity index (χ1v) is 10.7. The van der Waals surface area contributed by atoms with E-state index in [2.05, 4.69) is 66.2 Å².